The maximum Gasteiger partial charge on any atom is 0.236 e. The molecule has 5 atom stereocenters. The van der Waals surface area contributed by atoms with E-state index < -0.39 is 37.3 Å². The number of nitrogens with zero attached hydrogens (tertiary/aromatic N) is 2. The van der Waals surface area contributed by atoms with Crippen molar-refractivity contribution in [2.24, 2.45) is 0 Å². The zero-order chi connectivity index (χ0) is 14.0. The van der Waals surface area contributed by atoms with Crippen LogP contribution in [-0.4, -0.2) is 69.0 Å². The highest BCUT2D eigenvalue weighted by Gasteiger charge is 2.44. The third-order valence-electron chi connectivity index (χ3n) is 2.80. The number of anilines is 1. The Morgan fingerprint density at radius 1 is 1.47 bits per heavy atom. The van der Waals surface area contributed by atoms with Crippen molar-refractivity contribution in [3.63, 3.8) is 0 Å². The molecular formula is C9H14ClN3O5S. The molecular weight excluding hydrogens is 298 g/mol. The number of halogens is 1. The number of aliphatic hydroxyl groups excluding tert-OH is 3. The number of aromatic nitrogens is 2. The summed E-state index contributed by atoms with van der Waals surface area (Å²) in [5, 5.41) is 32.2. The van der Waals surface area contributed by atoms with Crippen LogP contribution in [0.5, 0.6) is 0 Å². The zero-order valence-electron chi connectivity index (χ0n) is 9.93. The van der Waals surface area contributed by atoms with Gasteiger partial charge in [0.1, 0.15) is 24.4 Å². The van der Waals surface area contributed by atoms with Gasteiger partial charge in [-0.2, -0.15) is 9.36 Å². The topological polar surface area (TPSA) is 117 Å². The molecule has 0 amide bonds. The lowest BCUT2D eigenvalue weighted by molar-refractivity contribution is -0.254. The van der Waals surface area contributed by atoms with E-state index in [4.69, 9.17) is 26.2 Å². The van der Waals surface area contributed by atoms with Gasteiger partial charge in [0.15, 0.2) is 6.29 Å². The van der Waals surface area contributed by atoms with Gasteiger partial charge in [-0.1, -0.05) is 0 Å². The van der Waals surface area contributed by atoms with E-state index in [0.717, 1.165) is 11.5 Å². The lowest BCUT2D eigenvalue weighted by atomic mass is 9.97. The van der Waals surface area contributed by atoms with Gasteiger partial charge in [0, 0.05) is 18.6 Å². The van der Waals surface area contributed by atoms with Crippen molar-refractivity contribution in [1.29, 1.82) is 0 Å². The minimum atomic E-state index is -1.24. The molecule has 0 aromatic carbocycles. The molecule has 1 aromatic heterocycles. The number of hydrogen-bond acceptors (Lipinski definition) is 9. The van der Waals surface area contributed by atoms with Crippen LogP contribution in [0, 0.1) is 0 Å². The molecule has 0 bridgehead atoms. The highest BCUT2D eigenvalue weighted by atomic mass is 35.5. The van der Waals surface area contributed by atoms with Gasteiger partial charge in [-0.25, -0.2) is 0 Å². The van der Waals surface area contributed by atoms with Crippen LogP contribution in [-0.2, 0) is 9.47 Å². The Hall–Kier alpha value is -0.550. The molecule has 4 N–H and O–H groups in total. The molecule has 2 heterocycles. The van der Waals surface area contributed by atoms with Gasteiger partial charge in [-0.3, -0.25) is 0 Å². The number of nitrogens with one attached hydrogen (secondary N) is 1. The van der Waals surface area contributed by atoms with Crippen molar-refractivity contribution in [3.05, 3.63) is 5.28 Å². The Morgan fingerprint density at radius 2 is 2.21 bits per heavy atom. The van der Waals surface area contributed by atoms with Crippen LogP contribution in [0.3, 0.4) is 0 Å². The van der Waals surface area contributed by atoms with Crippen molar-refractivity contribution < 1.29 is 24.8 Å². The van der Waals surface area contributed by atoms with Crippen LogP contribution in [0.15, 0.2) is 0 Å². The molecule has 19 heavy (non-hydrogen) atoms. The molecule has 2 rings (SSSR count). The van der Waals surface area contributed by atoms with Gasteiger partial charge >= 0.3 is 0 Å². The van der Waals surface area contributed by atoms with E-state index in [1.54, 1.807) is 0 Å². The summed E-state index contributed by atoms with van der Waals surface area (Å²) in [7, 11) is 1.39. The van der Waals surface area contributed by atoms with Gasteiger partial charge < -0.3 is 30.1 Å². The Morgan fingerprint density at radius 3 is 2.74 bits per heavy atom. The molecule has 1 fully saturated rings. The van der Waals surface area contributed by atoms with Gasteiger partial charge in [-0.05, 0) is 11.6 Å². The van der Waals surface area contributed by atoms with Gasteiger partial charge in [0.25, 0.3) is 0 Å². The van der Waals surface area contributed by atoms with Crippen molar-refractivity contribution in [2.45, 2.75) is 30.6 Å². The first kappa shape index (κ1) is 14.9. The largest absolute Gasteiger partial charge is 0.394 e. The summed E-state index contributed by atoms with van der Waals surface area (Å²) >= 11 is 6.61. The standard InChI is InChI=1S/C9H14ClN3O5S/c1-17-7-4(11-9-12-8(10)13-19-9)6(16)5(15)3(2-14)18-7/h3-7,14-16H,2H2,1H3,(H,11,12,13)/t3-,4?,5+,6-,7+/m1/s1. The third-order valence-corrected chi connectivity index (χ3v) is 3.72. The van der Waals surface area contributed by atoms with Crippen LogP contribution in [0.1, 0.15) is 0 Å². The van der Waals surface area contributed by atoms with Gasteiger partial charge in [-0.15, -0.1) is 0 Å². The van der Waals surface area contributed by atoms with E-state index in [-0.39, 0.29) is 5.28 Å². The van der Waals surface area contributed by atoms with E-state index >= 15 is 0 Å². The molecule has 1 aliphatic heterocycles. The quantitative estimate of drug-likeness (QED) is 0.563. The molecule has 1 saturated heterocycles. The molecule has 0 spiro atoms. The average Bonchev–Trinajstić information content (AvgIpc) is 2.81. The molecule has 1 aliphatic rings. The molecule has 1 unspecified atom stereocenters. The van der Waals surface area contributed by atoms with E-state index in [9.17, 15) is 10.2 Å². The predicted octanol–water partition coefficient (Wildman–Crippen LogP) is -0.943. The van der Waals surface area contributed by atoms with Crippen LogP contribution >= 0.6 is 23.1 Å². The number of aliphatic hydroxyl groups is 3. The summed E-state index contributed by atoms with van der Waals surface area (Å²) in [5.74, 6) is 0. The first-order valence-electron chi connectivity index (χ1n) is 5.47. The first-order valence-corrected chi connectivity index (χ1v) is 6.63. The van der Waals surface area contributed by atoms with Gasteiger partial charge in [0.05, 0.1) is 6.61 Å². The Bertz CT molecular complexity index is 420. The normalized spacial score (nSPS) is 35.3. The second-order valence-corrected chi connectivity index (χ2v) is 5.07. The van der Waals surface area contributed by atoms with E-state index in [1.165, 1.54) is 7.11 Å². The summed E-state index contributed by atoms with van der Waals surface area (Å²) in [6.45, 7) is -0.421. The highest BCUT2D eigenvalue weighted by molar-refractivity contribution is 7.09. The summed E-state index contributed by atoms with van der Waals surface area (Å²) in [5.41, 5.74) is 0. The van der Waals surface area contributed by atoms with Crippen molar-refractivity contribution in [2.75, 3.05) is 19.0 Å². The number of rotatable bonds is 4. The maximum absolute atomic E-state index is 10.0. The fraction of sp³-hybridized carbons (Fsp3) is 0.778. The fourth-order valence-electron chi connectivity index (χ4n) is 1.84. The Kier molecular flexibility index (Phi) is 4.90. The van der Waals surface area contributed by atoms with E-state index in [2.05, 4.69) is 14.7 Å². The molecule has 10 heteroatoms. The van der Waals surface area contributed by atoms with Crippen molar-refractivity contribution in [3.8, 4) is 0 Å². The second-order valence-electron chi connectivity index (χ2n) is 3.98. The third kappa shape index (κ3) is 3.14. The molecule has 8 nitrogen and oxygen atoms in total. The number of hydrogen-bond donors (Lipinski definition) is 4. The van der Waals surface area contributed by atoms with Crippen LogP contribution in [0.2, 0.25) is 5.28 Å². The summed E-state index contributed by atoms with van der Waals surface area (Å²) in [6, 6.07) is -0.758. The fourth-order valence-corrected chi connectivity index (χ4v) is 2.60. The Labute approximate surface area is 118 Å². The second kappa shape index (κ2) is 6.27. The van der Waals surface area contributed by atoms with Crippen molar-refractivity contribution >= 4 is 28.3 Å². The lowest BCUT2D eigenvalue weighted by Gasteiger charge is -2.41. The zero-order valence-corrected chi connectivity index (χ0v) is 11.5. The summed E-state index contributed by atoms with van der Waals surface area (Å²) in [6.07, 6.45) is -4.19. The molecule has 0 radical (unpaired) electrons. The number of ether oxygens (including phenoxy) is 2. The average molecular weight is 312 g/mol. The molecule has 0 aliphatic carbocycles. The predicted molar refractivity (Wildman–Crippen MR) is 67.1 cm³/mol. The smallest absolute Gasteiger partial charge is 0.236 e. The highest BCUT2D eigenvalue weighted by Crippen LogP contribution is 2.25. The van der Waals surface area contributed by atoms with Crippen LogP contribution in [0.25, 0.3) is 0 Å². The minimum Gasteiger partial charge on any atom is -0.394 e. The lowest BCUT2D eigenvalue weighted by Crippen LogP contribution is -2.61. The Balaban J connectivity index is 2.12. The first-order chi connectivity index (χ1) is 9.06. The molecule has 1 aromatic rings. The minimum absolute atomic E-state index is 0.0847. The molecule has 108 valence electrons. The summed E-state index contributed by atoms with van der Waals surface area (Å²) in [4.78, 5) is 3.88. The SMILES string of the molecule is CO[C@H]1O[C@H](CO)[C@H](O)[C@H](O)C1Nc1nc(Cl)ns1. The van der Waals surface area contributed by atoms with Crippen molar-refractivity contribution in [1.82, 2.24) is 9.36 Å². The molecule has 0 saturated carbocycles. The monoisotopic (exact) mass is 311 g/mol. The van der Waals surface area contributed by atoms with Crippen LogP contribution < -0.4 is 5.32 Å². The van der Waals surface area contributed by atoms with Crippen LogP contribution in [0.4, 0.5) is 5.13 Å². The van der Waals surface area contributed by atoms with Gasteiger partial charge in [0.2, 0.25) is 10.4 Å². The van der Waals surface area contributed by atoms with E-state index in [1.807, 2.05) is 0 Å². The van der Waals surface area contributed by atoms with E-state index in [0.29, 0.717) is 5.13 Å². The summed E-state index contributed by atoms with van der Waals surface area (Å²) < 4.78 is 14.2. The number of methoxy groups -OCH3 is 1. The maximum atomic E-state index is 10.0.